The van der Waals surface area contributed by atoms with Gasteiger partial charge in [0.15, 0.2) is 0 Å². The average molecular weight is 210 g/mol. The van der Waals surface area contributed by atoms with Gasteiger partial charge in [-0.2, -0.15) is 0 Å². The second kappa shape index (κ2) is 4.94. The number of hydrogen-bond acceptors (Lipinski definition) is 2. The van der Waals surface area contributed by atoms with Gasteiger partial charge in [-0.15, -0.1) is 11.3 Å². The van der Waals surface area contributed by atoms with E-state index in [-0.39, 0.29) is 0 Å². The van der Waals surface area contributed by atoms with Crippen molar-refractivity contribution in [1.29, 1.82) is 0 Å². The van der Waals surface area contributed by atoms with Crippen LogP contribution in [0.2, 0.25) is 0 Å². The van der Waals surface area contributed by atoms with E-state index in [1.165, 1.54) is 36.1 Å². The molecule has 1 atom stereocenters. The van der Waals surface area contributed by atoms with Crippen LogP contribution in [0.4, 0.5) is 0 Å². The van der Waals surface area contributed by atoms with Crippen molar-refractivity contribution in [3.05, 3.63) is 21.9 Å². The molecule has 1 aromatic heterocycles. The van der Waals surface area contributed by atoms with Gasteiger partial charge in [0.2, 0.25) is 0 Å². The fourth-order valence-electron chi connectivity index (χ4n) is 2.02. The van der Waals surface area contributed by atoms with Crippen molar-refractivity contribution in [3.8, 4) is 0 Å². The molecule has 2 rings (SSSR count). The summed E-state index contributed by atoms with van der Waals surface area (Å²) < 4.78 is 5.82. The molecular weight excluding hydrogens is 192 g/mol. The average Bonchev–Trinajstić information content (AvgIpc) is 2.67. The van der Waals surface area contributed by atoms with Crippen LogP contribution in [-0.4, -0.2) is 6.61 Å². The van der Waals surface area contributed by atoms with Crippen molar-refractivity contribution >= 4 is 11.3 Å². The topological polar surface area (TPSA) is 9.23 Å². The summed E-state index contributed by atoms with van der Waals surface area (Å²) in [6, 6.07) is 2.26. The Bertz CT molecular complexity index is 280. The summed E-state index contributed by atoms with van der Waals surface area (Å²) in [5.74, 6) is 0. The monoisotopic (exact) mass is 210 g/mol. The number of ether oxygens (including phenoxy) is 1. The summed E-state index contributed by atoms with van der Waals surface area (Å²) in [6.45, 7) is 3.17. The van der Waals surface area contributed by atoms with Gasteiger partial charge in [0.05, 0.1) is 12.7 Å². The maximum atomic E-state index is 5.82. The van der Waals surface area contributed by atoms with E-state index in [2.05, 4.69) is 18.4 Å². The molecule has 1 unspecified atom stereocenters. The molecule has 0 aliphatic carbocycles. The molecular formula is C12H18OS. The Balaban J connectivity index is 1.94. The third-order valence-electron chi connectivity index (χ3n) is 2.83. The quantitative estimate of drug-likeness (QED) is 0.684. The van der Waals surface area contributed by atoms with Crippen molar-refractivity contribution < 1.29 is 4.74 Å². The van der Waals surface area contributed by atoms with Gasteiger partial charge in [0, 0.05) is 4.88 Å². The molecule has 0 saturated heterocycles. The second-order valence-corrected chi connectivity index (χ2v) is 4.86. The summed E-state index contributed by atoms with van der Waals surface area (Å²) in [4.78, 5) is 1.49. The lowest BCUT2D eigenvalue weighted by Crippen LogP contribution is -2.13. The summed E-state index contributed by atoms with van der Waals surface area (Å²) in [5.41, 5.74) is 1.53. The smallest absolute Gasteiger partial charge is 0.0919 e. The first kappa shape index (κ1) is 10.2. The predicted molar refractivity (Wildman–Crippen MR) is 60.9 cm³/mol. The van der Waals surface area contributed by atoms with Gasteiger partial charge in [-0.05, 0) is 29.9 Å². The Morgan fingerprint density at radius 1 is 1.50 bits per heavy atom. The van der Waals surface area contributed by atoms with Gasteiger partial charge < -0.3 is 4.74 Å². The van der Waals surface area contributed by atoms with Crippen molar-refractivity contribution in [2.75, 3.05) is 6.61 Å². The molecule has 0 radical (unpaired) electrons. The van der Waals surface area contributed by atoms with Gasteiger partial charge in [-0.1, -0.05) is 26.2 Å². The summed E-state index contributed by atoms with van der Waals surface area (Å²) in [5, 5.41) is 2.20. The lowest BCUT2D eigenvalue weighted by atomic mass is 10.0. The van der Waals surface area contributed by atoms with Gasteiger partial charge in [-0.25, -0.2) is 0 Å². The van der Waals surface area contributed by atoms with Crippen molar-refractivity contribution in [2.45, 2.75) is 45.1 Å². The number of fused-ring (bicyclic) bond motifs is 1. The molecule has 0 bridgehead atoms. The lowest BCUT2D eigenvalue weighted by molar-refractivity contribution is 0.0379. The molecule has 2 heteroatoms. The van der Waals surface area contributed by atoms with Crippen molar-refractivity contribution in [3.63, 3.8) is 0 Å². The van der Waals surface area contributed by atoms with Crippen LogP contribution in [0.15, 0.2) is 11.4 Å². The van der Waals surface area contributed by atoms with Crippen LogP contribution < -0.4 is 0 Å². The Kier molecular flexibility index (Phi) is 3.60. The Hall–Kier alpha value is -0.340. The minimum Gasteiger partial charge on any atom is -0.372 e. The van der Waals surface area contributed by atoms with Crippen LogP contribution in [0.1, 0.15) is 49.2 Å². The van der Waals surface area contributed by atoms with Crippen LogP contribution in [0.5, 0.6) is 0 Å². The standard InChI is InChI=1S/C12H18OS/c1-2-3-4-5-11-12-10(6-8-13-11)7-9-14-12/h7,9,11H,2-6,8H2,1H3. The molecule has 0 aromatic carbocycles. The van der Waals surface area contributed by atoms with Crippen LogP contribution in [0, 0.1) is 0 Å². The zero-order chi connectivity index (χ0) is 9.80. The van der Waals surface area contributed by atoms with Crippen molar-refractivity contribution in [2.24, 2.45) is 0 Å². The number of hydrogen-bond donors (Lipinski definition) is 0. The Labute approximate surface area is 90.1 Å². The van der Waals surface area contributed by atoms with Gasteiger partial charge in [0.25, 0.3) is 0 Å². The molecule has 1 nitrogen and oxygen atoms in total. The SMILES string of the molecule is CCCCCC1OCCc2ccsc21. The normalized spacial score (nSPS) is 20.8. The van der Waals surface area contributed by atoms with Gasteiger partial charge in [-0.3, -0.25) is 0 Å². The van der Waals surface area contributed by atoms with E-state index in [9.17, 15) is 0 Å². The highest BCUT2D eigenvalue weighted by atomic mass is 32.1. The zero-order valence-corrected chi connectivity index (χ0v) is 9.61. The number of thiophene rings is 1. The van der Waals surface area contributed by atoms with E-state index in [0.717, 1.165) is 13.0 Å². The third kappa shape index (κ3) is 2.18. The van der Waals surface area contributed by atoms with Crippen LogP contribution in [0.25, 0.3) is 0 Å². The first-order valence-corrected chi connectivity index (χ1v) is 6.47. The predicted octanol–water partition coefficient (Wildman–Crippen LogP) is 3.94. The highest BCUT2D eigenvalue weighted by Gasteiger charge is 2.21. The summed E-state index contributed by atoms with van der Waals surface area (Å²) in [6.07, 6.45) is 6.67. The maximum Gasteiger partial charge on any atom is 0.0919 e. The fraction of sp³-hybridized carbons (Fsp3) is 0.667. The van der Waals surface area contributed by atoms with Gasteiger partial charge in [0.1, 0.15) is 0 Å². The Morgan fingerprint density at radius 2 is 2.43 bits per heavy atom. The van der Waals surface area contributed by atoms with E-state index in [1.807, 2.05) is 11.3 Å². The highest BCUT2D eigenvalue weighted by molar-refractivity contribution is 7.10. The maximum absolute atomic E-state index is 5.82. The summed E-state index contributed by atoms with van der Waals surface area (Å²) in [7, 11) is 0. The zero-order valence-electron chi connectivity index (χ0n) is 8.79. The van der Waals surface area contributed by atoms with Crippen LogP contribution >= 0.6 is 11.3 Å². The second-order valence-electron chi connectivity index (χ2n) is 3.92. The lowest BCUT2D eigenvalue weighted by Gasteiger charge is -2.22. The van der Waals surface area contributed by atoms with E-state index < -0.39 is 0 Å². The molecule has 0 fully saturated rings. The first-order valence-electron chi connectivity index (χ1n) is 5.59. The van der Waals surface area contributed by atoms with Crippen molar-refractivity contribution in [1.82, 2.24) is 0 Å². The number of unbranched alkanes of at least 4 members (excludes halogenated alkanes) is 2. The Morgan fingerprint density at radius 3 is 3.29 bits per heavy atom. The largest absolute Gasteiger partial charge is 0.372 e. The van der Waals surface area contributed by atoms with Crippen LogP contribution in [0.3, 0.4) is 0 Å². The molecule has 0 N–H and O–H groups in total. The minimum absolute atomic E-state index is 0.408. The van der Waals surface area contributed by atoms with E-state index in [1.54, 1.807) is 0 Å². The molecule has 0 spiro atoms. The fourth-order valence-corrected chi connectivity index (χ4v) is 3.06. The van der Waals surface area contributed by atoms with Gasteiger partial charge >= 0.3 is 0 Å². The third-order valence-corrected chi connectivity index (χ3v) is 3.88. The molecule has 1 aromatic rings. The van der Waals surface area contributed by atoms with E-state index in [0.29, 0.717) is 6.10 Å². The molecule has 78 valence electrons. The molecule has 0 saturated carbocycles. The first-order chi connectivity index (χ1) is 6.92. The molecule has 2 heterocycles. The van der Waals surface area contributed by atoms with Crippen LogP contribution in [-0.2, 0) is 11.2 Å². The van der Waals surface area contributed by atoms with E-state index >= 15 is 0 Å². The molecule has 1 aliphatic rings. The number of rotatable bonds is 4. The summed E-state index contributed by atoms with van der Waals surface area (Å²) >= 11 is 1.87. The molecule has 0 amide bonds. The molecule has 14 heavy (non-hydrogen) atoms. The van der Waals surface area contributed by atoms with E-state index in [4.69, 9.17) is 4.74 Å². The molecule has 1 aliphatic heterocycles. The highest BCUT2D eigenvalue weighted by Crippen LogP contribution is 2.34. The minimum atomic E-state index is 0.408.